The Bertz CT molecular complexity index is 618. The third kappa shape index (κ3) is 5.14. The Morgan fingerprint density at radius 3 is 2.71 bits per heavy atom. The fourth-order valence-electron chi connectivity index (χ4n) is 3.30. The molecule has 132 valence electrons. The molecule has 2 aromatic heterocycles. The van der Waals surface area contributed by atoms with E-state index in [0.29, 0.717) is 6.54 Å². The first-order chi connectivity index (χ1) is 11.7. The number of hydrogen-bond acceptors (Lipinski definition) is 5. The minimum absolute atomic E-state index is 0.180. The predicted octanol–water partition coefficient (Wildman–Crippen LogP) is 2.76. The number of thiophene rings is 1. The minimum Gasteiger partial charge on any atom is -0.395 e. The van der Waals surface area contributed by atoms with Gasteiger partial charge in [-0.15, -0.1) is 11.3 Å². The molecular weight excluding hydrogens is 320 g/mol. The van der Waals surface area contributed by atoms with Crippen molar-refractivity contribution in [3.63, 3.8) is 0 Å². The van der Waals surface area contributed by atoms with Crippen LogP contribution in [0.1, 0.15) is 40.5 Å². The number of imidazole rings is 1. The quantitative estimate of drug-likeness (QED) is 0.770. The zero-order chi connectivity index (χ0) is 16.8. The van der Waals surface area contributed by atoms with Gasteiger partial charge in [0.2, 0.25) is 0 Å². The Kier molecular flexibility index (Phi) is 6.43. The lowest BCUT2D eigenvalue weighted by atomic mass is 10.1. The molecule has 0 aromatic carbocycles. The second-order valence-corrected chi connectivity index (χ2v) is 7.89. The second-order valence-electron chi connectivity index (χ2n) is 6.63. The number of nitrogens with zero attached hydrogens (tertiary/aromatic N) is 3. The van der Waals surface area contributed by atoms with Crippen LogP contribution in [0.2, 0.25) is 0 Å². The maximum Gasteiger partial charge on any atom is 0.103 e. The molecule has 2 N–H and O–H groups in total. The lowest BCUT2D eigenvalue weighted by molar-refractivity contribution is 0.184. The van der Waals surface area contributed by atoms with Crippen molar-refractivity contribution in [2.75, 3.05) is 26.2 Å². The lowest BCUT2D eigenvalue weighted by Gasteiger charge is -2.25. The van der Waals surface area contributed by atoms with E-state index in [9.17, 15) is 5.11 Å². The number of aromatic amines is 1. The van der Waals surface area contributed by atoms with Crippen molar-refractivity contribution in [1.82, 2.24) is 19.8 Å². The number of piperidine rings is 1. The molecule has 3 heterocycles. The van der Waals surface area contributed by atoms with E-state index < -0.39 is 0 Å². The van der Waals surface area contributed by atoms with Crippen molar-refractivity contribution in [3.05, 3.63) is 39.6 Å². The Balaban J connectivity index is 1.56. The number of aliphatic hydroxyl groups is 1. The molecule has 5 nitrogen and oxygen atoms in total. The molecule has 1 fully saturated rings. The van der Waals surface area contributed by atoms with E-state index in [1.807, 2.05) is 24.5 Å². The monoisotopic (exact) mass is 348 g/mol. The first-order valence-electron chi connectivity index (χ1n) is 8.86. The van der Waals surface area contributed by atoms with E-state index >= 15 is 0 Å². The van der Waals surface area contributed by atoms with Gasteiger partial charge < -0.3 is 10.1 Å². The largest absolute Gasteiger partial charge is 0.395 e. The van der Waals surface area contributed by atoms with E-state index in [-0.39, 0.29) is 6.61 Å². The average Bonchev–Trinajstić information content (AvgIpc) is 3.18. The van der Waals surface area contributed by atoms with Gasteiger partial charge >= 0.3 is 0 Å². The lowest BCUT2D eigenvalue weighted by Crippen LogP contribution is -2.28. The topological polar surface area (TPSA) is 55.4 Å². The van der Waals surface area contributed by atoms with Crippen molar-refractivity contribution in [3.8, 4) is 0 Å². The van der Waals surface area contributed by atoms with Crippen LogP contribution < -0.4 is 0 Å². The maximum atomic E-state index is 9.35. The molecule has 24 heavy (non-hydrogen) atoms. The molecule has 3 rings (SSSR count). The molecule has 0 amide bonds. The number of nitrogens with one attached hydrogen (secondary N) is 1. The molecule has 0 aliphatic carbocycles. The van der Waals surface area contributed by atoms with Crippen molar-refractivity contribution in [2.24, 2.45) is 0 Å². The predicted molar refractivity (Wildman–Crippen MR) is 98.0 cm³/mol. The molecule has 1 aliphatic heterocycles. The van der Waals surface area contributed by atoms with Crippen molar-refractivity contribution in [1.29, 1.82) is 0 Å². The molecule has 0 bridgehead atoms. The van der Waals surface area contributed by atoms with Crippen LogP contribution in [0.15, 0.2) is 18.3 Å². The molecule has 0 saturated carbocycles. The van der Waals surface area contributed by atoms with Crippen molar-refractivity contribution < 1.29 is 5.11 Å². The fraction of sp³-hybridized carbons (Fsp3) is 0.611. The Morgan fingerprint density at radius 1 is 1.21 bits per heavy atom. The van der Waals surface area contributed by atoms with E-state index in [1.54, 1.807) is 0 Å². The third-order valence-corrected chi connectivity index (χ3v) is 5.55. The first-order valence-corrected chi connectivity index (χ1v) is 9.68. The highest BCUT2D eigenvalue weighted by Gasteiger charge is 2.13. The first kappa shape index (κ1) is 17.6. The van der Waals surface area contributed by atoms with Crippen molar-refractivity contribution in [2.45, 2.75) is 45.8 Å². The number of H-pyrrole nitrogens is 1. The Labute approximate surface area is 148 Å². The van der Waals surface area contributed by atoms with Crippen LogP contribution in [0.3, 0.4) is 0 Å². The summed E-state index contributed by atoms with van der Waals surface area (Å²) in [6, 6.07) is 4.51. The van der Waals surface area contributed by atoms with Gasteiger partial charge in [-0.25, -0.2) is 4.98 Å². The Hall–Kier alpha value is -1.21. The van der Waals surface area contributed by atoms with Crippen LogP contribution in [0.4, 0.5) is 0 Å². The van der Waals surface area contributed by atoms with E-state index in [0.717, 1.165) is 31.2 Å². The smallest absolute Gasteiger partial charge is 0.103 e. The zero-order valence-electron chi connectivity index (χ0n) is 14.5. The van der Waals surface area contributed by atoms with Crippen LogP contribution in [-0.4, -0.2) is 51.1 Å². The SMILES string of the molecule is Cc1ncc(CN(CCO)Cc2ccc(CN3CCCCC3)s2)[nH]1. The van der Waals surface area contributed by atoms with E-state index in [1.165, 1.54) is 42.1 Å². The number of likely N-dealkylation sites (tertiary alicyclic amines) is 1. The summed E-state index contributed by atoms with van der Waals surface area (Å²) in [5.41, 5.74) is 1.10. The molecule has 1 saturated heterocycles. The van der Waals surface area contributed by atoms with Gasteiger partial charge in [0.15, 0.2) is 0 Å². The summed E-state index contributed by atoms with van der Waals surface area (Å²) in [6.45, 7) is 8.06. The summed E-state index contributed by atoms with van der Waals surface area (Å²) in [4.78, 5) is 15.2. The Morgan fingerprint density at radius 2 is 2.00 bits per heavy atom. The molecule has 0 unspecified atom stereocenters. The summed E-state index contributed by atoms with van der Waals surface area (Å²) in [6.07, 6.45) is 5.95. The van der Waals surface area contributed by atoms with Crippen LogP contribution >= 0.6 is 11.3 Å². The molecule has 0 atom stereocenters. The van der Waals surface area contributed by atoms with E-state index in [2.05, 4.69) is 31.9 Å². The molecular formula is C18H28N4OS. The molecule has 6 heteroatoms. The number of aromatic nitrogens is 2. The highest BCUT2D eigenvalue weighted by Crippen LogP contribution is 2.22. The van der Waals surface area contributed by atoms with Crippen LogP contribution in [0.5, 0.6) is 0 Å². The van der Waals surface area contributed by atoms with Crippen LogP contribution in [-0.2, 0) is 19.6 Å². The maximum absolute atomic E-state index is 9.35. The van der Waals surface area contributed by atoms with Gasteiger partial charge in [-0.2, -0.15) is 0 Å². The van der Waals surface area contributed by atoms with Crippen LogP contribution in [0, 0.1) is 6.92 Å². The fourth-order valence-corrected chi connectivity index (χ4v) is 4.40. The van der Waals surface area contributed by atoms with Gasteiger partial charge in [0.05, 0.1) is 6.61 Å². The third-order valence-electron chi connectivity index (χ3n) is 4.49. The number of rotatable bonds is 8. The van der Waals surface area contributed by atoms with Gasteiger partial charge in [-0.3, -0.25) is 9.80 Å². The zero-order valence-corrected chi connectivity index (χ0v) is 15.3. The summed E-state index contributed by atoms with van der Waals surface area (Å²) in [5.74, 6) is 0.939. The summed E-state index contributed by atoms with van der Waals surface area (Å²) >= 11 is 1.91. The molecule has 0 spiro atoms. The molecule has 0 radical (unpaired) electrons. The number of aryl methyl sites for hydroxylation is 1. The van der Waals surface area contributed by atoms with Gasteiger partial charge in [0, 0.05) is 47.8 Å². The highest BCUT2D eigenvalue weighted by atomic mass is 32.1. The standard InChI is InChI=1S/C18H28N4OS/c1-15-19-11-16(20-15)12-22(9-10-23)14-18-6-5-17(24-18)13-21-7-3-2-4-8-21/h5-6,11,23H,2-4,7-10,12-14H2,1H3,(H,19,20). The van der Waals surface area contributed by atoms with Gasteiger partial charge in [-0.1, -0.05) is 6.42 Å². The summed E-state index contributed by atoms with van der Waals surface area (Å²) in [5, 5.41) is 9.35. The molecule has 2 aromatic rings. The summed E-state index contributed by atoms with van der Waals surface area (Å²) in [7, 11) is 0. The van der Waals surface area contributed by atoms with Crippen LogP contribution in [0.25, 0.3) is 0 Å². The molecule has 1 aliphatic rings. The highest BCUT2D eigenvalue weighted by molar-refractivity contribution is 7.11. The average molecular weight is 349 g/mol. The van der Waals surface area contributed by atoms with E-state index in [4.69, 9.17) is 0 Å². The summed E-state index contributed by atoms with van der Waals surface area (Å²) < 4.78 is 0. The van der Waals surface area contributed by atoms with Gasteiger partial charge in [0.25, 0.3) is 0 Å². The number of hydrogen-bond donors (Lipinski definition) is 2. The van der Waals surface area contributed by atoms with Crippen molar-refractivity contribution >= 4 is 11.3 Å². The van der Waals surface area contributed by atoms with Gasteiger partial charge in [-0.05, 0) is 45.0 Å². The number of aliphatic hydroxyl groups excluding tert-OH is 1. The second kappa shape index (κ2) is 8.76. The van der Waals surface area contributed by atoms with Gasteiger partial charge in [0.1, 0.15) is 5.82 Å². The normalized spacial score (nSPS) is 16.1. The minimum atomic E-state index is 0.180.